The molecule has 0 fully saturated rings. The van der Waals surface area contributed by atoms with Crippen molar-refractivity contribution in [3.05, 3.63) is 23.8 Å². The molecule has 1 aromatic rings. The third-order valence-corrected chi connectivity index (χ3v) is 7.63. The Morgan fingerprint density at radius 3 is 2.35 bits per heavy atom. The standard InChI is InChI=1S/C13H20O3Si/c1-13(2,3)17(4,5)16-12-8-10(9-14)6-7-11(12)15/h6-9,15H,1-5H3. The molecule has 0 aliphatic rings. The van der Waals surface area contributed by atoms with Gasteiger partial charge in [-0.05, 0) is 36.3 Å². The second kappa shape index (κ2) is 4.53. The number of rotatable bonds is 3. The second-order valence-corrected chi connectivity index (χ2v) is 10.4. The molecule has 0 atom stereocenters. The first-order chi connectivity index (χ1) is 7.67. The fourth-order valence-electron chi connectivity index (χ4n) is 1.11. The average molecular weight is 252 g/mol. The van der Waals surface area contributed by atoms with E-state index in [1.165, 1.54) is 6.07 Å². The summed E-state index contributed by atoms with van der Waals surface area (Å²) in [4.78, 5) is 10.7. The van der Waals surface area contributed by atoms with Crippen molar-refractivity contribution in [1.29, 1.82) is 0 Å². The summed E-state index contributed by atoms with van der Waals surface area (Å²) in [5.41, 5.74) is 0.511. The number of phenols is 1. The summed E-state index contributed by atoms with van der Waals surface area (Å²) in [6.45, 7) is 10.6. The van der Waals surface area contributed by atoms with E-state index in [0.29, 0.717) is 11.3 Å². The summed E-state index contributed by atoms with van der Waals surface area (Å²) in [6, 6.07) is 4.65. The number of hydrogen-bond donors (Lipinski definition) is 1. The van der Waals surface area contributed by atoms with E-state index >= 15 is 0 Å². The van der Waals surface area contributed by atoms with Crippen LogP contribution < -0.4 is 4.43 Å². The number of phenolic OH excluding ortho intramolecular Hbond substituents is 1. The third kappa shape index (κ3) is 3.09. The van der Waals surface area contributed by atoms with Gasteiger partial charge in [-0.25, -0.2) is 0 Å². The van der Waals surface area contributed by atoms with E-state index in [1.54, 1.807) is 12.1 Å². The molecule has 0 bridgehead atoms. The predicted molar refractivity (Wildman–Crippen MR) is 71.3 cm³/mol. The molecule has 0 amide bonds. The highest BCUT2D eigenvalue weighted by molar-refractivity contribution is 6.74. The molecule has 0 unspecified atom stereocenters. The normalized spacial score (nSPS) is 12.3. The van der Waals surface area contributed by atoms with Crippen LogP contribution in [0.1, 0.15) is 31.1 Å². The lowest BCUT2D eigenvalue weighted by Gasteiger charge is -2.36. The Balaban J connectivity index is 3.06. The lowest BCUT2D eigenvalue weighted by atomic mass is 10.2. The summed E-state index contributed by atoms with van der Waals surface area (Å²) in [6.07, 6.45) is 0.748. The van der Waals surface area contributed by atoms with Crippen LogP contribution >= 0.6 is 0 Å². The van der Waals surface area contributed by atoms with Crippen molar-refractivity contribution in [1.82, 2.24) is 0 Å². The Kier molecular flexibility index (Phi) is 3.67. The van der Waals surface area contributed by atoms with E-state index in [0.717, 1.165) is 6.29 Å². The highest BCUT2D eigenvalue weighted by Gasteiger charge is 2.39. The third-order valence-electron chi connectivity index (χ3n) is 3.29. The fourth-order valence-corrected chi connectivity index (χ4v) is 2.13. The Morgan fingerprint density at radius 2 is 1.88 bits per heavy atom. The molecular weight excluding hydrogens is 232 g/mol. The van der Waals surface area contributed by atoms with Crippen LogP contribution in [0.15, 0.2) is 18.2 Å². The molecule has 3 nitrogen and oxygen atoms in total. The minimum Gasteiger partial charge on any atom is -0.541 e. The largest absolute Gasteiger partial charge is 0.541 e. The molecule has 0 saturated heterocycles. The monoisotopic (exact) mass is 252 g/mol. The Bertz CT molecular complexity index is 419. The molecule has 0 heterocycles. The molecule has 94 valence electrons. The van der Waals surface area contributed by atoms with E-state index in [9.17, 15) is 9.90 Å². The van der Waals surface area contributed by atoms with E-state index in [4.69, 9.17) is 4.43 Å². The maximum atomic E-state index is 10.7. The molecule has 0 aromatic heterocycles. The number of aldehydes is 1. The molecule has 0 saturated carbocycles. The van der Waals surface area contributed by atoms with Crippen LogP contribution in [0.4, 0.5) is 0 Å². The molecule has 0 radical (unpaired) electrons. The molecular formula is C13H20O3Si. The van der Waals surface area contributed by atoms with Gasteiger partial charge in [0.25, 0.3) is 8.32 Å². The van der Waals surface area contributed by atoms with Crippen LogP contribution in [0.3, 0.4) is 0 Å². The van der Waals surface area contributed by atoms with Gasteiger partial charge in [-0.1, -0.05) is 20.8 Å². The van der Waals surface area contributed by atoms with Crippen LogP contribution in [0, 0.1) is 0 Å². The van der Waals surface area contributed by atoms with Gasteiger partial charge in [-0.15, -0.1) is 0 Å². The van der Waals surface area contributed by atoms with Crippen molar-refractivity contribution >= 4 is 14.6 Å². The zero-order chi connectivity index (χ0) is 13.3. The van der Waals surface area contributed by atoms with Gasteiger partial charge in [0.15, 0.2) is 5.75 Å². The van der Waals surface area contributed by atoms with Crippen molar-refractivity contribution in [2.24, 2.45) is 0 Å². The fraction of sp³-hybridized carbons (Fsp3) is 0.462. The van der Waals surface area contributed by atoms with E-state index in [-0.39, 0.29) is 10.8 Å². The highest BCUT2D eigenvalue weighted by atomic mass is 28.4. The van der Waals surface area contributed by atoms with Crippen LogP contribution in [0.25, 0.3) is 0 Å². The van der Waals surface area contributed by atoms with Crippen LogP contribution in [-0.4, -0.2) is 19.7 Å². The summed E-state index contributed by atoms with van der Waals surface area (Å²) < 4.78 is 5.97. The van der Waals surface area contributed by atoms with Crippen LogP contribution in [-0.2, 0) is 0 Å². The maximum absolute atomic E-state index is 10.7. The molecule has 1 aromatic carbocycles. The summed E-state index contributed by atoms with van der Waals surface area (Å²) in [7, 11) is -1.99. The Labute approximate surface area is 104 Å². The molecule has 0 aliphatic heterocycles. The number of carbonyl (C=O) groups is 1. The molecule has 17 heavy (non-hydrogen) atoms. The van der Waals surface area contributed by atoms with Gasteiger partial charge in [0.1, 0.15) is 12.0 Å². The minimum atomic E-state index is -1.99. The van der Waals surface area contributed by atoms with Gasteiger partial charge in [-0.2, -0.15) is 0 Å². The van der Waals surface area contributed by atoms with Crippen molar-refractivity contribution in [3.63, 3.8) is 0 Å². The van der Waals surface area contributed by atoms with Gasteiger partial charge in [0.05, 0.1) is 0 Å². The number of hydrogen-bond acceptors (Lipinski definition) is 3. The van der Waals surface area contributed by atoms with E-state index < -0.39 is 8.32 Å². The molecule has 0 aliphatic carbocycles. The summed E-state index contributed by atoms with van der Waals surface area (Å²) >= 11 is 0. The SMILES string of the molecule is CC(C)(C)[Si](C)(C)Oc1cc(C=O)ccc1O. The smallest absolute Gasteiger partial charge is 0.250 e. The quantitative estimate of drug-likeness (QED) is 0.660. The zero-order valence-corrected chi connectivity index (χ0v) is 12.1. The lowest BCUT2D eigenvalue weighted by molar-refractivity contribution is 0.112. The van der Waals surface area contributed by atoms with Gasteiger partial charge in [0, 0.05) is 5.56 Å². The summed E-state index contributed by atoms with van der Waals surface area (Å²) in [5, 5.41) is 9.79. The van der Waals surface area contributed by atoms with Crippen molar-refractivity contribution in [2.45, 2.75) is 38.9 Å². The van der Waals surface area contributed by atoms with Gasteiger partial charge in [-0.3, -0.25) is 4.79 Å². The van der Waals surface area contributed by atoms with E-state index in [2.05, 4.69) is 33.9 Å². The zero-order valence-electron chi connectivity index (χ0n) is 11.1. The van der Waals surface area contributed by atoms with Crippen LogP contribution in [0.5, 0.6) is 11.5 Å². The average Bonchev–Trinajstić information content (AvgIpc) is 2.19. The number of aromatic hydroxyl groups is 1. The van der Waals surface area contributed by atoms with Crippen molar-refractivity contribution < 1.29 is 14.3 Å². The minimum absolute atomic E-state index is 0.0522. The maximum Gasteiger partial charge on any atom is 0.250 e. The van der Waals surface area contributed by atoms with E-state index in [1.807, 2.05) is 0 Å². The summed E-state index contributed by atoms with van der Waals surface area (Å²) in [5.74, 6) is 0.488. The molecule has 1 rings (SSSR count). The topological polar surface area (TPSA) is 46.5 Å². The lowest BCUT2D eigenvalue weighted by Crippen LogP contribution is -2.43. The first-order valence-electron chi connectivity index (χ1n) is 5.64. The van der Waals surface area contributed by atoms with Gasteiger partial charge < -0.3 is 9.53 Å². The molecule has 0 spiro atoms. The highest BCUT2D eigenvalue weighted by Crippen LogP contribution is 2.39. The molecule has 1 N–H and O–H groups in total. The Morgan fingerprint density at radius 1 is 1.29 bits per heavy atom. The first kappa shape index (κ1) is 13.8. The van der Waals surface area contributed by atoms with Crippen molar-refractivity contribution in [3.8, 4) is 11.5 Å². The molecule has 4 heteroatoms. The first-order valence-corrected chi connectivity index (χ1v) is 8.55. The Hall–Kier alpha value is -1.29. The van der Waals surface area contributed by atoms with Gasteiger partial charge >= 0.3 is 0 Å². The second-order valence-electron chi connectivity index (χ2n) is 5.71. The van der Waals surface area contributed by atoms with Crippen LogP contribution in [0.2, 0.25) is 18.1 Å². The number of carbonyl (C=O) groups excluding carboxylic acids is 1. The van der Waals surface area contributed by atoms with Gasteiger partial charge in [0.2, 0.25) is 0 Å². The number of benzene rings is 1. The predicted octanol–water partition coefficient (Wildman–Crippen LogP) is 3.59. The van der Waals surface area contributed by atoms with Crippen molar-refractivity contribution in [2.75, 3.05) is 0 Å².